The molecule has 0 aliphatic carbocycles. The Labute approximate surface area is 255 Å². The van der Waals surface area contributed by atoms with Crippen LogP contribution >= 0.6 is 0 Å². The van der Waals surface area contributed by atoms with Crippen molar-refractivity contribution in [1.82, 2.24) is 0 Å². The molecule has 2 heterocycles. The van der Waals surface area contributed by atoms with Crippen LogP contribution in [-0.2, 0) is 0 Å². The quantitative estimate of drug-likeness (QED) is 0.216. The summed E-state index contributed by atoms with van der Waals surface area (Å²) in [5.74, 6) is 0.902. The molecular formula is C41H28N2O. The van der Waals surface area contributed by atoms with Crippen LogP contribution in [0.3, 0.4) is 0 Å². The second kappa shape index (κ2) is 9.89. The Hall–Kier alpha value is -5.80. The lowest BCUT2D eigenvalue weighted by Gasteiger charge is -2.26. The van der Waals surface area contributed by atoms with Crippen molar-refractivity contribution in [2.75, 3.05) is 16.8 Å². The average molecular weight is 565 g/mol. The zero-order chi connectivity index (χ0) is 29.0. The van der Waals surface area contributed by atoms with Crippen molar-refractivity contribution in [2.45, 2.75) is 0 Å². The van der Waals surface area contributed by atoms with Crippen molar-refractivity contribution in [3.63, 3.8) is 0 Å². The molecule has 0 bridgehead atoms. The molecule has 9 rings (SSSR count). The number of anilines is 4. The van der Waals surface area contributed by atoms with Crippen LogP contribution in [0.15, 0.2) is 156 Å². The van der Waals surface area contributed by atoms with Crippen LogP contribution in [0.4, 0.5) is 22.7 Å². The Morgan fingerprint density at radius 2 is 1.18 bits per heavy atom. The van der Waals surface area contributed by atoms with Crippen molar-refractivity contribution < 1.29 is 4.42 Å². The lowest BCUT2D eigenvalue weighted by atomic mass is 9.96. The number of fused-ring (bicyclic) bond motifs is 8. The van der Waals surface area contributed by atoms with Gasteiger partial charge in [0.05, 0.1) is 5.69 Å². The van der Waals surface area contributed by atoms with E-state index in [1.807, 2.05) is 12.1 Å². The first kappa shape index (κ1) is 24.8. The molecule has 208 valence electrons. The molecule has 0 spiro atoms. The summed E-state index contributed by atoms with van der Waals surface area (Å²) in [6.45, 7) is 0.769. The van der Waals surface area contributed by atoms with Crippen molar-refractivity contribution in [2.24, 2.45) is 0 Å². The van der Waals surface area contributed by atoms with Gasteiger partial charge in [0.2, 0.25) is 0 Å². The normalized spacial score (nSPS) is 12.8. The first-order valence-electron chi connectivity index (χ1n) is 15.1. The standard InChI is InChI=1S/C41H28N2O/c1-2-9-31(10-3-1)43(33-22-23-35-30(26-33)17-16-29-15-14-27-8-4-5-11-34(27)39(29)35)32-20-18-28(19-21-32)36-24-25-42-40-37-12-6-7-13-38(37)44-41(36)40/h1-24,26,42H,25H2. The number of hydrogen-bond donors (Lipinski definition) is 1. The second-order valence-electron chi connectivity index (χ2n) is 11.4. The molecule has 0 saturated carbocycles. The zero-order valence-electron chi connectivity index (χ0n) is 24.0. The summed E-state index contributed by atoms with van der Waals surface area (Å²) in [5.41, 5.74) is 7.58. The molecule has 0 fully saturated rings. The van der Waals surface area contributed by atoms with Gasteiger partial charge in [-0.3, -0.25) is 0 Å². The third-order valence-corrected chi connectivity index (χ3v) is 8.84. The van der Waals surface area contributed by atoms with Crippen LogP contribution in [0.5, 0.6) is 0 Å². The maximum absolute atomic E-state index is 6.33. The van der Waals surface area contributed by atoms with Gasteiger partial charge in [0.15, 0.2) is 5.76 Å². The lowest BCUT2D eigenvalue weighted by Crippen LogP contribution is -2.10. The topological polar surface area (TPSA) is 28.4 Å². The number of nitrogens with zero attached hydrogens (tertiary/aromatic N) is 1. The third kappa shape index (κ3) is 3.90. The molecular weight excluding hydrogens is 536 g/mol. The van der Waals surface area contributed by atoms with Crippen molar-refractivity contribution in [1.29, 1.82) is 0 Å². The summed E-state index contributed by atoms with van der Waals surface area (Å²) in [4.78, 5) is 2.33. The van der Waals surface area contributed by atoms with Crippen molar-refractivity contribution in [3.8, 4) is 0 Å². The Balaban J connectivity index is 1.15. The molecule has 3 heteroatoms. The molecule has 1 N–H and O–H groups in total. The monoisotopic (exact) mass is 564 g/mol. The van der Waals surface area contributed by atoms with Gasteiger partial charge >= 0.3 is 0 Å². The number of furan rings is 1. The van der Waals surface area contributed by atoms with E-state index in [2.05, 4.69) is 150 Å². The van der Waals surface area contributed by atoms with Crippen LogP contribution in [-0.4, -0.2) is 6.54 Å². The highest BCUT2D eigenvalue weighted by Crippen LogP contribution is 2.42. The van der Waals surface area contributed by atoms with Gasteiger partial charge < -0.3 is 14.6 Å². The highest BCUT2D eigenvalue weighted by atomic mass is 16.3. The third-order valence-electron chi connectivity index (χ3n) is 8.84. The van der Waals surface area contributed by atoms with Gasteiger partial charge in [0.25, 0.3) is 0 Å². The molecule has 0 radical (unpaired) electrons. The first-order chi connectivity index (χ1) is 21.8. The highest BCUT2D eigenvalue weighted by Gasteiger charge is 2.22. The largest absolute Gasteiger partial charge is 0.454 e. The summed E-state index contributed by atoms with van der Waals surface area (Å²) >= 11 is 0. The van der Waals surface area contributed by atoms with Crippen LogP contribution < -0.4 is 10.2 Å². The van der Waals surface area contributed by atoms with Crippen molar-refractivity contribution in [3.05, 3.63) is 163 Å². The summed E-state index contributed by atoms with van der Waals surface area (Å²) < 4.78 is 6.33. The number of benzene rings is 7. The van der Waals surface area contributed by atoms with E-state index >= 15 is 0 Å². The molecule has 7 aromatic carbocycles. The van der Waals surface area contributed by atoms with E-state index in [-0.39, 0.29) is 0 Å². The van der Waals surface area contributed by atoms with E-state index < -0.39 is 0 Å². The van der Waals surface area contributed by atoms with E-state index in [9.17, 15) is 0 Å². The molecule has 3 nitrogen and oxygen atoms in total. The summed E-state index contributed by atoms with van der Waals surface area (Å²) in [6.07, 6.45) is 2.21. The van der Waals surface area contributed by atoms with E-state index in [1.54, 1.807) is 0 Å². The van der Waals surface area contributed by atoms with Crippen molar-refractivity contribution >= 4 is 71.6 Å². The summed E-state index contributed by atoms with van der Waals surface area (Å²) in [7, 11) is 0. The second-order valence-corrected chi connectivity index (χ2v) is 11.4. The van der Waals surface area contributed by atoms with E-state index in [0.717, 1.165) is 57.2 Å². The zero-order valence-corrected chi connectivity index (χ0v) is 24.0. The maximum Gasteiger partial charge on any atom is 0.158 e. The van der Waals surface area contributed by atoms with Crippen LogP contribution in [0.25, 0.3) is 48.9 Å². The van der Waals surface area contributed by atoms with Crippen LogP contribution in [0.2, 0.25) is 0 Å². The smallest absolute Gasteiger partial charge is 0.158 e. The van der Waals surface area contributed by atoms with E-state index in [0.29, 0.717) is 0 Å². The molecule has 0 atom stereocenters. The Kier molecular flexibility index (Phi) is 5.57. The SMILES string of the molecule is C1=C(c2ccc(N(c3ccccc3)c3ccc4c(ccc5ccc6ccccc6c54)c3)cc2)c2oc3ccccc3c2NC1. The first-order valence-corrected chi connectivity index (χ1v) is 15.1. The fraction of sp³-hybridized carbons (Fsp3) is 0.0244. The number of nitrogens with one attached hydrogen (secondary N) is 1. The summed E-state index contributed by atoms with van der Waals surface area (Å²) in [5, 5.41) is 12.3. The van der Waals surface area contributed by atoms with Gasteiger partial charge in [-0.2, -0.15) is 0 Å². The van der Waals surface area contributed by atoms with Gasteiger partial charge in [-0.05, 0) is 86.4 Å². The number of hydrogen-bond acceptors (Lipinski definition) is 3. The van der Waals surface area contributed by atoms with Gasteiger partial charge in [-0.15, -0.1) is 0 Å². The molecule has 1 aliphatic heterocycles. The van der Waals surface area contributed by atoms with E-state index in [4.69, 9.17) is 4.42 Å². The molecule has 0 unspecified atom stereocenters. The molecule has 1 aromatic heterocycles. The minimum atomic E-state index is 0.769. The van der Waals surface area contributed by atoms with Gasteiger partial charge in [0.1, 0.15) is 5.58 Å². The molecule has 0 amide bonds. The van der Waals surface area contributed by atoms with Crippen LogP contribution in [0, 0.1) is 0 Å². The fourth-order valence-electron chi connectivity index (χ4n) is 6.78. The van der Waals surface area contributed by atoms with E-state index in [1.165, 1.54) is 32.3 Å². The van der Waals surface area contributed by atoms with Gasteiger partial charge in [-0.1, -0.05) is 103 Å². The average Bonchev–Trinajstić information content (AvgIpc) is 3.48. The minimum absolute atomic E-state index is 0.769. The van der Waals surface area contributed by atoms with Gasteiger partial charge in [0, 0.05) is 34.6 Å². The van der Waals surface area contributed by atoms with Crippen LogP contribution in [0.1, 0.15) is 11.3 Å². The predicted octanol–water partition coefficient (Wildman–Crippen LogP) is 11.2. The Morgan fingerprint density at radius 3 is 2.05 bits per heavy atom. The maximum atomic E-state index is 6.33. The number of rotatable bonds is 4. The molecule has 1 aliphatic rings. The molecule has 0 saturated heterocycles. The molecule has 8 aromatic rings. The molecule has 44 heavy (non-hydrogen) atoms. The number of para-hydroxylation sites is 2. The lowest BCUT2D eigenvalue weighted by molar-refractivity contribution is 0.600. The Morgan fingerprint density at radius 1 is 0.523 bits per heavy atom. The fourth-order valence-corrected chi connectivity index (χ4v) is 6.78. The highest BCUT2D eigenvalue weighted by molar-refractivity contribution is 6.20. The minimum Gasteiger partial charge on any atom is -0.454 e. The predicted molar refractivity (Wildman–Crippen MR) is 185 cm³/mol. The van der Waals surface area contributed by atoms with Gasteiger partial charge in [-0.25, -0.2) is 0 Å². The summed E-state index contributed by atoms with van der Waals surface area (Å²) in [6, 6.07) is 52.1. The Bertz CT molecular complexity index is 2380.